The average Bonchev–Trinajstić information content (AvgIpc) is 3.31. The van der Waals surface area contributed by atoms with Crippen molar-refractivity contribution in [1.29, 1.82) is 0 Å². The van der Waals surface area contributed by atoms with Crippen molar-refractivity contribution in [3.8, 4) is 17.3 Å². The van der Waals surface area contributed by atoms with Gasteiger partial charge in [0.05, 0.1) is 5.52 Å². The van der Waals surface area contributed by atoms with E-state index in [2.05, 4.69) is 36.3 Å². The molecule has 3 aromatic heterocycles. The van der Waals surface area contributed by atoms with Crippen LogP contribution in [0.3, 0.4) is 0 Å². The lowest BCUT2D eigenvalue weighted by molar-refractivity contribution is 0.102. The summed E-state index contributed by atoms with van der Waals surface area (Å²) in [7, 11) is 0. The average molecular weight is 552 g/mol. The third-order valence-corrected chi connectivity index (χ3v) is 6.40. The van der Waals surface area contributed by atoms with Gasteiger partial charge in [-0.3, -0.25) is 9.59 Å². The summed E-state index contributed by atoms with van der Waals surface area (Å²) in [5, 5.41) is 8.78. The number of fused-ring (bicyclic) bond motifs is 1. The zero-order valence-electron chi connectivity index (χ0n) is 18.0. The van der Waals surface area contributed by atoms with Gasteiger partial charge < -0.3 is 10.1 Å². The molecule has 0 unspecified atom stereocenters. The molecule has 0 aliphatic carbocycles. The van der Waals surface area contributed by atoms with E-state index in [9.17, 15) is 14.0 Å². The van der Waals surface area contributed by atoms with Crippen LogP contribution in [0.25, 0.3) is 15.9 Å². The predicted molar refractivity (Wildman–Crippen MR) is 134 cm³/mol. The molecule has 0 spiro atoms. The highest BCUT2D eigenvalue weighted by atomic mass is 79.9. The zero-order chi connectivity index (χ0) is 24.5. The minimum absolute atomic E-state index is 0.00619. The van der Waals surface area contributed by atoms with E-state index in [-0.39, 0.29) is 11.4 Å². The molecule has 5 rings (SSSR count). The Balaban J connectivity index is 1.37. The Morgan fingerprint density at radius 1 is 1.11 bits per heavy atom. The number of nitrogens with zero attached hydrogens (tertiary/aromatic N) is 4. The highest BCUT2D eigenvalue weighted by Crippen LogP contribution is 2.30. The number of thiophene rings is 1. The molecule has 11 heteroatoms. The van der Waals surface area contributed by atoms with E-state index in [1.807, 2.05) is 11.4 Å². The number of anilines is 1. The lowest BCUT2D eigenvalue weighted by Crippen LogP contribution is -2.27. The number of halogens is 2. The number of nitrogens with one attached hydrogen (secondary N) is 1. The molecule has 174 valence electrons. The van der Waals surface area contributed by atoms with Gasteiger partial charge in [-0.15, -0.1) is 11.3 Å². The quantitative estimate of drug-likeness (QED) is 0.310. The van der Waals surface area contributed by atoms with Crippen molar-refractivity contribution in [3.63, 3.8) is 0 Å². The number of aromatic nitrogens is 4. The van der Waals surface area contributed by atoms with Crippen LogP contribution in [0.1, 0.15) is 16.1 Å². The Bertz CT molecular complexity index is 1640. The zero-order valence-corrected chi connectivity index (χ0v) is 20.4. The Kier molecular flexibility index (Phi) is 6.10. The molecule has 0 saturated heterocycles. The van der Waals surface area contributed by atoms with E-state index in [1.54, 1.807) is 37.3 Å². The summed E-state index contributed by atoms with van der Waals surface area (Å²) in [6.07, 6.45) is 1.44. The van der Waals surface area contributed by atoms with Gasteiger partial charge in [-0.05, 0) is 66.4 Å². The van der Waals surface area contributed by atoms with Gasteiger partial charge in [-0.2, -0.15) is 9.78 Å². The monoisotopic (exact) mass is 551 g/mol. The van der Waals surface area contributed by atoms with Gasteiger partial charge in [0.2, 0.25) is 5.88 Å². The Morgan fingerprint density at radius 2 is 1.91 bits per heavy atom. The van der Waals surface area contributed by atoms with Gasteiger partial charge in [0.1, 0.15) is 28.3 Å². The van der Waals surface area contributed by atoms with Gasteiger partial charge in [-0.25, -0.2) is 14.4 Å². The Labute approximate surface area is 210 Å². The Hall–Kier alpha value is -3.96. The molecule has 0 aliphatic heterocycles. The number of hydrogen-bond acceptors (Lipinski definition) is 7. The maximum Gasteiger partial charge on any atom is 0.276 e. The molecule has 8 nitrogen and oxygen atoms in total. The second-order valence-corrected chi connectivity index (χ2v) is 9.25. The number of aryl methyl sites for hydroxylation is 1. The third kappa shape index (κ3) is 4.68. The van der Waals surface area contributed by atoms with E-state index < -0.39 is 17.3 Å². The predicted octanol–water partition coefficient (Wildman–Crippen LogP) is 5.49. The van der Waals surface area contributed by atoms with Crippen LogP contribution in [0.5, 0.6) is 11.6 Å². The number of carbonyl (C=O) groups is 1. The van der Waals surface area contributed by atoms with Gasteiger partial charge in [0, 0.05) is 16.2 Å². The minimum Gasteiger partial charge on any atom is -0.437 e. The van der Waals surface area contributed by atoms with Crippen LogP contribution in [-0.4, -0.2) is 25.7 Å². The molecule has 0 atom stereocenters. The molecular weight excluding hydrogens is 537 g/mol. The lowest BCUT2D eigenvalue weighted by Gasteiger charge is -2.11. The van der Waals surface area contributed by atoms with Crippen LogP contribution in [0.4, 0.5) is 10.1 Å². The maximum absolute atomic E-state index is 14.4. The van der Waals surface area contributed by atoms with Crippen LogP contribution in [-0.2, 0) is 0 Å². The fraction of sp³-hybridized carbons (Fsp3) is 0.0417. The summed E-state index contributed by atoms with van der Waals surface area (Å²) in [5.41, 5.74) is 1.04. The fourth-order valence-corrected chi connectivity index (χ4v) is 4.44. The molecule has 1 N–H and O–H groups in total. The molecule has 5 aromatic rings. The first-order chi connectivity index (χ1) is 16.9. The number of carbonyl (C=O) groups excluding carboxylic acids is 1. The molecule has 35 heavy (non-hydrogen) atoms. The topological polar surface area (TPSA) is 99.0 Å². The van der Waals surface area contributed by atoms with Gasteiger partial charge in [0.15, 0.2) is 5.69 Å². The number of ether oxygens (including phenoxy) is 1. The summed E-state index contributed by atoms with van der Waals surface area (Å²) >= 11 is 4.66. The van der Waals surface area contributed by atoms with Crippen molar-refractivity contribution >= 4 is 49.1 Å². The second-order valence-electron chi connectivity index (χ2n) is 7.42. The number of rotatable bonds is 5. The lowest BCUT2D eigenvalue weighted by atomic mass is 10.2. The normalized spacial score (nSPS) is 10.9. The second kappa shape index (κ2) is 9.35. The highest BCUT2D eigenvalue weighted by Gasteiger charge is 2.17. The summed E-state index contributed by atoms with van der Waals surface area (Å²) in [5.74, 6) is -0.212. The standard InChI is InChI=1S/C24H15BrFN5O3S/c1-13-10-20(32)31(19-7-2-14(25)11-17(19)26)30-21(13)23(33)29-15-3-5-16(6-4-15)34-24-22-18(8-9-35-22)27-12-28-24/h2-12H,1H3,(H,29,33). The van der Waals surface area contributed by atoms with E-state index >= 15 is 0 Å². The van der Waals surface area contributed by atoms with Crippen LogP contribution in [0, 0.1) is 12.7 Å². The van der Waals surface area contributed by atoms with Gasteiger partial charge in [0.25, 0.3) is 11.5 Å². The van der Waals surface area contributed by atoms with E-state index in [1.165, 1.54) is 35.9 Å². The van der Waals surface area contributed by atoms with Gasteiger partial charge in [-0.1, -0.05) is 15.9 Å². The first-order valence-electron chi connectivity index (χ1n) is 10.2. The molecule has 0 radical (unpaired) electrons. The van der Waals surface area contributed by atoms with Crippen molar-refractivity contribution in [2.75, 3.05) is 5.32 Å². The molecule has 2 aromatic carbocycles. The Morgan fingerprint density at radius 3 is 2.69 bits per heavy atom. The van der Waals surface area contributed by atoms with Crippen LogP contribution in [0.2, 0.25) is 0 Å². The molecule has 1 amide bonds. The van der Waals surface area contributed by atoms with E-state index in [0.29, 0.717) is 27.4 Å². The molecule has 3 heterocycles. The summed E-state index contributed by atoms with van der Waals surface area (Å²) in [4.78, 5) is 33.7. The fourth-order valence-electron chi connectivity index (χ4n) is 3.34. The molecule has 0 saturated carbocycles. The maximum atomic E-state index is 14.4. The molecular formula is C24H15BrFN5O3S. The van der Waals surface area contributed by atoms with E-state index in [4.69, 9.17) is 4.74 Å². The molecule has 0 bridgehead atoms. The first-order valence-corrected chi connectivity index (χ1v) is 11.9. The highest BCUT2D eigenvalue weighted by molar-refractivity contribution is 9.10. The van der Waals surface area contributed by atoms with Gasteiger partial charge >= 0.3 is 0 Å². The summed E-state index contributed by atoms with van der Waals surface area (Å²) in [6.45, 7) is 1.59. The van der Waals surface area contributed by atoms with Crippen LogP contribution < -0.4 is 15.6 Å². The number of hydrogen-bond donors (Lipinski definition) is 1. The SMILES string of the molecule is Cc1cc(=O)n(-c2ccc(Br)cc2F)nc1C(=O)Nc1ccc(Oc2ncnc3ccsc23)cc1. The first kappa shape index (κ1) is 22.8. The van der Waals surface area contributed by atoms with Crippen LogP contribution >= 0.6 is 27.3 Å². The van der Waals surface area contributed by atoms with E-state index in [0.717, 1.165) is 14.9 Å². The van der Waals surface area contributed by atoms with Crippen molar-refractivity contribution in [2.24, 2.45) is 0 Å². The van der Waals surface area contributed by atoms with Crippen molar-refractivity contribution in [2.45, 2.75) is 6.92 Å². The number of benzene rings is 2. The van der Waals surface area contributed by atoms with Crippen molar-refractivity contribution < 1.29 is 13.9 Å². The summed E-state index contributed by atoms with van der Waals surface area (Å²) < 4.78 is 22.5. The van der Waals surface area contributed by atoms with Crippen molar-refractivity contribution in [3.05, 3.63) is 98.2 Å². The largest absolute Gasteiger partial charge is 0.437 e. The number of amides is 1. The molecule has 0 fully saturated rings. The third-order valence-electron chi connectivity index (χ3n) is 5.01. The van der Waals surface area contributed by atoms with Crippen LogP contribution in [0.15, 0.2) is 75.6 Å². The summed E-state index contributed by atoms with van der Waals surface area (Å²) in [6, 6.07) is 14.1. The minimum atomic E-state index is -0.650. The molecule has 0 aliphatic rings. The van der Waals surface area contributed by atoms with Crippen molar-refractivity contribution in [1.82, 2.24) is 19.7 Å². The smallest absolute Gasteiger partial charge is 0.276 e.